The minimum atomic E-state index is -0.666. The molecule has 0 radical (unpaired) electrons. The second-order valence-electron chi connectivity index (χ2n) is 23.2. The van der Waals surface area contributed by atoms with Crippen LogP contribution in [0.5, 0.6) is 0 Å². The van der Waals surface area contributed by atoms with Gasteiger partial charge in [-0.1, -0.05) is 121 Å². The van der Waals surface area contributed by atoms with E-state index in [1.807, 2.05) is 26.5 Å². The number of aliphatic hydroxyl groups is 3. The molecule has 3 unspecified atom stereocenters. The molecule has 492 valence electrons. The number of unbranched alkanes of at least 4 members (excludes halogenated alkanes) is 7. The number of hydrogen-bond acceptors (Lipinski definition) is 20. The Morgan fingerprint density at radius 1 is 0.417 bits per heavy atom. The monoisotopic (exact) mass is 1230 g/mol. The smallest absolute Gasteiger partial charge is 0.305 e. The number of hydrogen-bond donors (Lipinski definition) is 3. The highest BCUT2D eigenvalue weighted by atomic mass is 33.1. The molecule has 1 aliphatic heterocycles. The molecule has 0 aromatic rings. The van der Waals surface area contributed by atoms with E-state index < -0.39 is 18.3 Å². The third-order valence-electron chi connectivity index (χ3n) is 15.7. The first-order chi connectivity index (χ1) is 40.6. The van der Waals surface area contributed by atoms with Crippen molar-refractivity contribution < 1.29 is 67.8 Å². The van der Waals surface area contributed by atoms with Gasteiger partial charge in [-0.2, -0.15) is 0 Å². The Hall–Kier alpha value is -2.56. The number of esters is 5. The Bertz CT molecular complexity index is 1620. The molecule has 0 amide bonds. The summed E-state index contributed by atoms with van der Waals surface area (Å²) in [5, 5.41) is 32.9. The Morgan fingerprint density at radius 2 is 0.786 bits per heavy atom. The fraction of sp³-hybridized carbons (Fsp3) is 0.906. The van der Waals surface area contributed by atoms with Gasteiger partial charge in [0.25, 0.3) is 0 Å². The number of carbonyl (C=O) groups is 6. The average Bonchev–Trinajstić information content (AvgIpc) is 3.54. The summed E-state index contributed by atoms with van der Waals surface area (Å²) in [5.41, 5.74) is 0. The van der Waals surface area contributed by atoms with Crippen LogP contribution in [0.2, 0.25) is 0 Å². The Morgan fingerprint density at radius 3 is 1.24 bits per heavy atom. The van der Waals surface area contributed by atoms with Gasteiger partial charge in [0.05, 0.1) is 51.3 Å². The maximum absolute atomic E-state index is 13.1. The number of ketones is 1. The normalized spacial score (nSPS) is 14.3. The van der Waals surface area contributed by atoms with Crippen molar-refractivity contribution in [2.24, 2.45) is 11.8 Å². The highest BCUT2D eigenvalue weighted by molar-refractivity contribution is 8.76. The molecule has 84 heavy (non-hydrogen) atoms. The van der Waals surface area contributed by atoms with Crippen LogP contribution in [-0.2, 0) is 52.5 Å². The number of rotatable bonds is 58. The van der Waals surface area contributed by atoms with Crippen LogP contribution in [0.25, 0.3) is 0 Å². The van der Waals surface area contributed by atoms with Crippen LogP contribution >= 0.6 is 21.6 Å². The molecule has 20 heteroatoms. The number of Topliss-reactive ketones (excluding diaryl/α,β-unsaturated/α-hetero) is 1. The summed E-state index contributed by atoms with van der Waals surface area (Å²) < 4.78 is 27.0. The topological polar surface area (TPSA) is 222 Å². The highest BCUT2D eigenvalue weighted by Gasteiger charge is 2.21. The highest BCUT2D eigenvalue weighted by Crippen LogP contribution is 2.23. The van der Waals surface area contributed by atoms with Crippen molar-refractivity contribution in [3.63, 3.8) is 0 Å². The lowest BCUT2D eigenvalue weighted by Gasteiger charge is -2.34. The Labute approximate surface area is 516 Å². The maximum atomic E-state index is 13.1. The van der Waals surface area contributed by atoms with Gasteiger partial charge in [-0.25, -0.2) is 0 Å². The zero-order valence-corrected chi connectivity index (χ0v) is 55.2. The summed E-state index contributed by atoms with van der Waals surface area (Å²) in [5.74, 6) is 1.73. The summed E-state index contributed by atoms with van der Waals surface area (Å²) in [6.07, 6.45) is 16.8. The van der Waals surface area contributed by atoms with Crippen molar-refractivity contribution in [1.82, 2.24) is 19.6 Å². The van der Waals surface area contributed by atoms with Crippen LogP contribution in [0, 0.1) is 11.8 Å². The third-order valence-corrected chi connectivity index (χ3v) is 18.2. The van der Waals surface area contributed by atoms with Gasteiger partial charge in [-0.05, 0) is 108 Å². The molecule has 1 heterocycles. The van der Waals surface area contributed by atoms with Crippen LogP contribution in [0.1, 0.15) is 221 Å². The van der Waals surface area contributed by atoms with Gasteiger partial charge >= 0.3 is 29.8 Å². The molecule has 0 bridgehead atoms. The lowest BCUT2D eigenvalue weighted by Crippen LogP contribution is -2.47. The largest absolute Gasteiger partial charge is 0.466 e. The number of nitrogens with zero attached hydrogens (tertiary/aromatic N) is 4. The van der Waals surface area contributed by atoms with E-state index in [4.69, 9.17) is 23.7 Å². The first kappa shape index (κ1) is 79.5. The number of carbonyl (C=O) groups excluding carboxylic acids is 6. The van der Waals surface area contributed by atoms with Crippen molar-refractivity contribution in [2.45, 2.75) is 240 Å². The lowest BCUT2D eigenvalue weighted by atomic mass is 10.1. The van der Waals surface area contributed by atoms with Crippen molar-refractivity contribution in [3.05, 3.63) is 0 Å². The fourth-order valence-corrected chi connectivity index (χ4v) is 11.9. The van der Waals surface area contributed by atoms with E-state index in [-0.39, 0.29) is 55.0 Å². The molecule has 0 spiro atoms. The first-order valence-electron chi connectivity index (χ1n) is 33.1. The van der Waals surface area contributed by atoms with E-state index in [1.54, 1.807) is 0 Å². The molecule has 0 aromatic heterocycles. The quantitative estimate of drug-likeness (QED) is 0.0223. The van der Waals surface area contributed by atoms with Gasteiger partial charge in [-0.15, -0.1) is 0 Å². The zero-order chi connectivity index (χ0) is 61.8. The van der Waals surface area contributed by atoms with Gasteiger partial charge in [0.1, 0.15) is 12.4 Å². The average molecular weight is 1230 g/mol. The van der Waals surface area contributed by atoms with Crippen molar-refractivity contribution in [2.75, 3.05) is 123 Å². The molecule has 0 aliphatic carbocycles. The molecule has 0 aromatic carbocycles. The minimum absolute atomic E-state index is 0.0486. The van der Waals surface area contributed by atoms with Gasteiger partial charge < -0.3 is 39.0 Å². The second-order valence-corrected chi connectivity index (χ2v) is 25.9. The van der Waals surface area contributed by atoms with Gasteiger partial charge in [0.2, 0.25) is 0 Å². The maximum Gasteiger partial charge on any atom is 0.305 e. The van der Waals surface area contributed by atoms with Crippen LogP contribution in [0.3, 0.4) is 0 Å². The minimum Gasteiger partial charge on any atom is -0.466 e. The molecular weight excluding hydrogens is 1110 g/mol. The van der Waals surface area contributed by atoms with Crippen molar-refractivity contribution in [3.8, 4) is 0 Å². The predicted octanol–water partition coefficient (Wildman–Crippen LogP) is 10.2. The van der Waals surface area contributed by atoms with Gasteiger partial charge in [0, 0.05) is 109 Å². The summed E-state index contributed by atoms with van der Waals surface area (Å²) in [7, 11) is 3.73. The fourth-order valence-electron chi connectivity index (χ4n) is 9.78. The molecular formula is C64H120N4O14S2. The van der Waals surface area contributed by atoms with E-state index >= 15 is 0 Å². The van der Waals surface area contributed by atoms with E-state index in [0.717, 1.165) is 121 Å². The lowest BCUT2D eigenvalue weighted by molar-refractivity contribution is -0.146. The third kappa shape index (κ3) is 46.6. The number of aliphatic hydroxyl groups excluding tert-OH is 3. The standard InChI is InChI=1S/C64H120N4O14S2/c1-7-13-43-78-60(73)30-19-15-26-58(71)50-68(51-59(72)27-16-20-31-61(74)79-44-14-8-2)36-25-46-83-84-47-42-66-39-37-65(38-40-66)41-45-80-62(75)34-23-24-35-67(48-56(69)28-17-21-32-63(76)81-52-54(9-3)10-4)49-57(70)29-18-22-33-64(77)82-53-55(11-5)12-6/h54-56,58-59,69,71-72H,7-53H2,1-6H3. The van der Waals surface area contributed by atoms with Gasteiger partial charge in [0.15, 0.2) is 0 Å². The second kappa shape index (κ2) is 54.6. The molecule has 3 atom stereocenters. The molecule has 0 saturated carbocycles. The number of ether oxygens (including phenoxy) is 5. The first-order valence-corrected chi connectivity index (χ1v) is 35.6. The Kier molecular flexibility index (Phi) is 51.6. The van der Waals surface area contributed by atoms with Crippen LogP contribution in [0.4, 0.5) is 0 Å². The van der Waals surface area contributed by atoms with E-state index in [9.17, 15) is 44.1 Å². The molecule has 18 nitrogen and oxygen atoms in total. The summed E-state index contributed by atoms with van der Waals surface area (Å²) in [6, 6.07) is 0. The van der Waals surface area contributed by atoms with E-state index in [1.165, 1.54) is 0 Å². The zero-order valence-electron chi connectivity index (χ0n) is 53.6. The van der Waals surface area contributed by atoms with Crippen molar-refractivity contribution >= 4 is 57.2 Å². The van der Waals surface area contributed by atoms with Crippen LogP contribution in [-0.4, -0.2) is 212 Å². The van der Waals surface area contributed by atoms with E-state index in [2.05, 4.69) is 56.2 Å². The van der Waals surface area contributed by atoms with E-state index in [0.29, 0.717) is 174 Å². The Balaban J connectivity index is 2.46. The molecule has 1 rings (SSSR count). The summed E-state index contributed by atoms with van der Waals surface area (Å²) in [6.45, 7) is 22.8. The SMILES string of the molecule is CCCCOC(=O)CCCCC(O)CN(CCCSSCCN1CCN(CCOC(=O)CCCCN(CC(=O)CCCCC(=O)OCC(CC)CC)CC(O)CCCCC(=O)OCC(CC)CC)CC1)CC(O)CCCCC(=O)OCCCC. The summed E-state index contributed by atoms with van der Waals surface area (Å²) >= 11 is 0. The van der Waals surface area contributed by atoms with Crippen LogP contribution < -0.4 is 0 Å². The molecule has 3 N–H and O–H groups in total. The molecule has 1 fully saturated rings. The van der Waals surface area contributed by atoms with Crippen molar-refractivity contribution in [1.29, 1.82) is 0 Å². The number of piperazine rings is 1. The van der Waals surface area contributed by atoms with Crippen LogP contribution in [0.15, 0.2) is 0 Å². The molecule has 1 saturated heterocycles. The molecule has 1 aliphatic rings. The van der Waals surface area contributed by atoms with Gasteiger partial charge in [-0.3, -0.25) is 48.4 Å². The summed E-state index contributed by atoms with van der Waals surface area (Å²) in [4.78, 5) is 83.4. The predicted molar refractivity (Wildman–Crippen MR) is 339 cm³/mol.